The van der Waals surface area contributed by atoms with Gasteiger partial charge in [-0.3, -0.25) is 0 Å². The van der Waals surface area contributed by atoms with Crippen molar-refractivity contribution >= 4 is 18.7 Å². The molecule has 4 heteroatoms. The molecule has 2 amide bonds. The molecule has 15 heavy (non-hydrogen) atoms. The summed E-state index contributed by atoms with van der Waals surface area (Å²) in [5.41, 5.74) is 0. The highest BCUT2D eigenvalue weighted by atomic mass is 32.1. The Balaban J connectivity index is 1.99. The van der Waals surface area contributed by atoms with Gasteiger partial charge in [-0.15, -0.1) is 0 Å². The van der Waals surface area contributed by atoms with E-state index >= 15 is 0 Å². The van der Waals surface area contributed by atoms with Crippen LogP contribution in [0.3, 0.4) is 0 Å². The number of hydrogen-bond donors (Lipinski definition) is 1. The summed E-state index contributed by atoms with van der Waals surface area (Å²) >= 11 is 4.19. The second-order valence-electron chi connectivity index (χ2n) is 4.67. The molecule has 1 aliphatic carbocycles. The van der Waals surface area contributed by atoms with E-state index in [4.69, 9.17) is 0 Å². The predicted molar refractivity (Wildman–Crippen MR) is 64.3 cm³/mol. The number of amides is 2. The van der Waals surface area contributed by atoms with E-state index in [0.29, 0.717) is 6.04 Å². The lowest BCUT2D eigenvalue weighted by Crippen LogP contribution is -2.35. The molecule has 2 fully saturated rings. The van der Waals surface area contributed by atoms with E-state index in [1.54, 1.807) is 0 Å². The van der Waals surface area contributed by atoms with Crippen molar-refractivity contribution in [1.29, 1.82) is 0 Å². The third-order valence-corrected chi connectivity index (χ3v) is 3.99. The van der Waals surface area contributed by atoms with Crippen molar-refractivity contribution in [3.05, 3.63) is 0 Å². The Hall–Kier alpha value is -0.380. The normalized spacial score (nSPS) is 28.1. The van der Waals surface area contributed by atoms with Crippen molar-refractivity contribution in [2.75, 3.05) is 25.9 Å². The molecule has 0 aromatic rings. The van der Waals surface area contributed by atoms with Gasteiger partial charge in [0.05, 0.1) is 6.04 Å². The van der Waals surface area contributed by atoms with E-state index in [1.807, 2.05) is 16.8 Å². The molecule has 1 unspecified atom stereocenters. The fourth-order valence-electron chi connectivity index (χ4n) is 2.91. The van der Waals surface area contributed by atoms with E-state index < -0.39 is 0 Å². The third-order valence-electron chi connectivity index (χ3n) is 3.79. The Morgan fingerprint density at radius 3 is 2.67 bits per heavy atom. The Kier molecular flexibility index (Phi) is 3.44. The van der Waals surface area contributed by atoms with Crippen LogP contribution in [0.4, 0.5) is 4.79 Å². The average molecular weight is 228 g/mol. The Labute approximate surface area is 97.2 Å². The largest absolute Gasteiger partial charge is 0.323 e. The predicted octanol–water partition coefficient (Wildman–Crippen LogP) is 1.84. The highest BCUT2D eigenvalue weighted by molar-refractivity contribution is 7.80. The number of urea groups is 1. The molecule has 2 rings (SSSR count). The number of rotatable bonds is 3. The summed E-state index contributed by atoms with van der Waals surface area (Å²) in [7, 11) is 1.95. The van der Waals surface area contributed by atoms with Crippen LogP contribution in [0.2, 0.25) is 0 Å². The van der Waals surface area contributed by atoms with Gasteiger partial charge in [0.25, 0.3) is 0 Å². The quantitative estimate of drug-likeness (QED) is 0.732. The topological polar surface area (TPSA) is 23.6 Å². The molecule has 1 saturated carbocycles. The van der Waals surface area contributed by atoms with E-state index in [1.165, 1.54) is 25.7 Å². The van der Waals surface area contributed by atoms with E-state index in [9.17, 15) is 4.79 Å². The number of carbonyl (C=O) groups excluding carboxylic acids is 1. The molecule has 1 saturated heterocycles. The van der Waals surface area contributed by atoms with Crippen LogP contribution in [-0.2, 0) is 0 Å². The number of likely N-dealkylation sites (N-methyl/N-ethyl adjacent to an activating group) is 1. The van der Waals surface area contributed by atoms with E-state index in [2.05, 4.69) is 12.6 Å². The van der Waals surface area contributed by atoms with Crippen molar-refractivity contribution < 1.29 is 4.79 Å². The molecule has 1 atom stereocenters. The molecule has 0 aromatic carbocycles. The number of thiol groups is 1. The first-order valence-corrected chi connectivity index (χ1v) is 6.50. The Morgan fingerprint density at radius 2 is 2.07 bits per heavy atom. The van der Waals surface area contributed by atoms with Crippen molar-refractivity contribution in [3.8, 4) is 0 Å². The first kappa shape index (κ1) is 11.1. The number of hydrogen-bond acceptors (Lipinski definition) is 2. The molecule has 0 N–H and O–H groups in total. The summed E-state index contributed by atoms with van der Waals surface area (Å²) in [6.45, 7) is 1.70. The van der Waals surface area contributed by atoms with Crippen LogP contribution in [-0.4, -0.2) is 47.8 Å². The number of nitrogens with zero attached hydrogens (tertiary/aromatic N) is 2. The second kappa shape index (κ2) is 4.64. The van der Waals surface area contributed by atoms with Gasteiger partial charge in [0.15, 0.2) is 0 Å². The van der Waals surface area contributed by atoms with Gasteiger partial charge in [0, 0.05) is 25.9 Å². The van der Waals surface area contributed by atoms with Crippen molar-refractivity contribution in [1.82, 2.24) is 9.80 Å². The minimum atomic E-state index is 0.195. The Morgan fingerprint density at radius 1 is 1.40 bits per heavy atom. The van der Waals surface area contributed by atoms with Crippen LogP contribution >= 0.6 is 12.6 Å². The standard InChI is InChI=1S/C11H20N2OS/c1-12-10(9-4-2-3-5-9)8-13(6-7-15)11(12)14/h9-10,15H,2-8H2,1H3. The van der Waals surface area contributed by atoms with Gasteiger partial charge in [-0.05, 0) is 18.8 Å². The molecule has 0 bridgehead atoms. The summed E-state index contributed by atoms with van der Waals surface area (Å²) in [5, 5.41) is 0. The summed E-state index contributed by atoms with van der Waals surface area (Å²) < 4.78 is 0. The molecular formula is C11H20N2OS. The first-order valence-electron chi connectivity index (χ1n) is 5.86. The van der Waals surface area contributed by atoms with Crippen LogP contribution in [0.1, 0.15) is 25.7 Å². The fourth-order valence-corrected chi connectivity index (χ4v) is 3.15. The molecule has 0 aromatic heterocycles. The van der Waals surface area contributed by atoms with Crippen molar-refractivity contribution in [2.24, 2.45) is 5.92 Å². The van der Waals surface area contributed by atoms with Gasteiger partial charge in [-0.25, -0.2) is 4.79 Å². The van der Waals surface area contributed by atoms with Gasteiger partial charge in [0.2, 0.25) is 0 Å². The van der Waals surface area contributed by atoms with E-state index in [0.717, 1.165) is 24.8 Å². The van der Waals surface area contributed by atoms with Crippen molar-refractivity contribution in [2.45, 2.75) is 31.7 Å². The molecule has 1 aliphatic heterocycles. The second-order valence-corrected chi connectivity index (χ2v) is 5.12. The monoisotopic (exact) mass is 228 g/mol. The van der Waals surface area contributed by atoms with Crippen LogP contribution in [0.5, 0.6) is 0 Å². The molecule has 86 valence electrons. The summed E-state index contributed by atoms with van der Waals surface area (Å²) in [6, 6.07) is 0.654. The highest BCUT2D eigenvalue weighted by Crippen LogP contribution is 2.33. The summed E-state index contributed by atoms with van der Waals surface area (Å²) in [6.07, 6.45) is 5.29. The van der Waals surface area contributed by atoms with E-state index in [-0.39, 0.29) is 6.03 Å². The SMILES string of the molecule is CN1C(=O)N(CCS)CC1C1CCCC1. The number of carbonyl (C=O) groups is 1. The first-order chi connectivity index (χ1) is 7.24. The lowest BCUT2D eigenvalue weighted by Gasteiger charge is -2.23. The van der Waals surface area contributed by atoms with Crippen LogP contribution in [0, 0.1) is 5.92 Å². The zero-order valence-corrected chi connectivity index (χ0v) is 10.2. The molecule has 2 aliphatic rings. The summed E-state index contributed by atoms with van der Waals surface area (Å²) in [4.78, 5) is 15.8. The Bertz CT molecular complexity index is 241. The molecule has 0 spiro atoms. The van der Waals surface area contributed by atoms with Crippen molar-refractivity contribution in [3.63, 3.8) is 0 Å². The zero-order valence-electron chi connectivity index (χ0n) is 9.35. The lowest BCUT2D eigenvalue weighted by atomic mass is 9.98. The fraction of sp³-hybridized carbons (Fsp3) is 0.909. The molecule has 1 heterocycles. The smallest absolute Gasteiger partial charge is 0.320 e. The van der Waals surface area contributed by atoms with Gasteiger partial charge in [0.1, 0.15) is 0 Å². The van der Waals surface area contributed by atoms with Gasteiger partial charge in [-0.1, -0.05) is 12.8 Å². The molecule has 0 radical (unpaired) electrons. The minimum Gasteiger partial charge on any atom is -0.323 e. The minimum absolute atomic E-state index is 0.195. The average Bonchev–Trinajstić information content (AvgIpc) is 2.82. The van der Waals surface area contributed by atoms with Gasteiger partial charge < -0.3 is 9.80 Å². The molecular weight excluding hydrogens is 208 g/mol. The van der Waals surface area contributed by atoms with Gasteiger partial charge in [-0.2, -0.15) is 12.6 Å². The van der Waals surface area contributed by atoms with Crippen LogP contribution in [0.15, 0.2) is 0 Å². The molecule has 3 nitrogen and oxygen atoms in total. The maximum atomic E-state index is 11.9. The van der Waals surface area contributed by atoms with Crippen LogP contribution < -0.4 is 0 Å². The lowest BCUT2D eigenvalue weighted by molar-refractivity contribution is 0.191. The van der Waals surface area contributed by atoms with Crippen LogP contribution in [0.25, 0.3) is 0 Å². The highest BCUT2D eigenvalue weighted by Gasteiger charge is 2.39. The third kappa shape index (κ3) is 2.10. The zero-order chi connectivity index (χ0) is 10.8. The maximum absolute atomic E-state index is 11.9. The maximum Gasteiger partial charge on any atom is 0.320 e. The summed E-state index contributed by atoms with van der Waals surface area (Å²) in [5.74, 6) is 1.50. The van der Waals surface area contributed by atoms with Gasteiger partial charge >= 0.3 is 6.03 Å².